The van der Waals surface area contributed by atoms with Crippen LogP contribution in [0.5, 0.6) is 0 Å². The summed E-state index contributed by atoms with van der Waals surface area (Å²) in [4.78, 5) is 9.73. The number of aryl methyl sites for hydroxylation is 1. The molecule has 0 aliphatic heterocycles. The standard InChI is InChI=1S/C22H22N2OS/c1-3-9-17(10-4-1)15-25-16-26-22-19-13-7-8-14-20(19)23-21(24-22)18-11-5-2-6-12-18/h1-6,9-12H,7-8,13-16H2. The zero-order valence-electron chi connectivity index (χ0n) is 14.7. The molecule has 4 heteroatoms. The lowest BCUT2D eigenvalue weighted by Crippen LogP contribution is -2.10. The van der Waals surface area contributed by atoms with Crippen LogP contribution in [0.15, 0.2) is 65.7 Å². The maximum absolute atomic E-state index is 5.86. The first-order valence-corrected chi connectivity index (χ1v) is 10.1. The Morgan fingerprint density at radius 2 is 1.58 bits per heavy atom. The SMILES string of the molecule is c1ccc(COCSc2nc(-c3ccccc3)nc3c2CCCC3)cc1. The van der Waals surface area contributed by atoms with E-state index in [1.807, 2.05) is 36.4 Å². The van der Waals surface area contributed by atoms with Crippen LogP contribution in [0.2, 0.25) is 0 Å². The Morgan fingerprint density at radius 1 is 0.846 bits per heavy atom. The molecule has 0 atom stereocenters. The Balaban J connectivity index is 1.50. The fraction of sp³-hybridized carbons (Fsp3) is 0.273. The van der Waals surface area contributed by atoms with Crippen LogP contribution in [0.4, 0.5) is 0 Å². The quantitative estimate of drug-likeness (QED) is 0.258. The minimum absolute atomic E-state index is 0.604. The lowest BCUT2D eigenvalue weighted by molar-refractivity contribution is 0.169. The van der Waals surface area contributed by atoms with Gasteiger partial charge in [-0.1, -0.05) is 72.4 Å². The highest BCUT2D eigenvalue weighted by atomic mass is 32.2. The van der Waals surface area contributed by atoms with Crippen molar-refractivity contribution in [1.82, 2.24) is 9.97 Å². The van der Waals surface area contributed by atoms with Gasteiger partial charge in [-0.15, -0.1) is 0 Å². The lowest BCUT2D eigenvalue weighted by Gasteiger charge is -2.19. The Morgan fingerprint density at radius 3 is 2.38 bits per heavy atom. The van der Waals surface area contributed by atoms with E-state index in [0.29, 0.717) is 12.5 Å². The highest BCUT2D eigenvalue weighted by molar-refractivity contribution is 7.99. The van der Waals surface area contributed by atoms with Gasteiger partial charge in [0.1, 0.15) is 5.03 Å². The topological polar surface area (TPSA) is 35.0 Å². The summed E-state index contributed by atoms with van der Waals surface area (Å²) < 4.78 is 5.86. The zero-order valence-corrected chi connectivity index (χ0v) is 15.5. The smallest absolute Gasteiger partial charge is 0.160 e. The number of thioether (sulfide) groups is 1. The minimum atomic E-state index is 0.604. The molecule has 1 heterocycles. The molecule has 0 unspecified atom stereocenters. The van der Waals surface area contributed by atoms with Gasteiger partial charge in [-0.3, -0.25) is 0 Å². The molecule has 0 bridgehead atoms. The van der Waals surface area contributed by atoms with Crippen molar-refractivity contribution in [3.05, 3.63) is 77.5 Å². The monoisotopic (exact) mass is 362 g/mol. The van der Waals surface area contributed by atoms with Gasteiger partial charge in [0, 0.05) is 16.8 Å². The second kappa shape index (κ2) is 8.47. The van der Waals surface area contributed by atoms with E-state index in [-0.39, 0.29) is 0 Å². The van der Waals surface area contributed by atoms with Crippen molar-refractivity contribution in [2.24, 2.45) is 0 Å². The van der Waals surface area contributed by atoms with Crippen LogP contribution in [0.25, 0.3) is 11.4 Å². The van der Waals surface area contributed by atoms with Gasteiger partial charge in [0.25, 0.3) is 0 Å². The third-order valence-corrected chi connectivity index (χ3v) is 5.46. The van der Waals surface area contributed by atoms with Gasteiger partial charge in [0.2, 0.25) is 0 Å². The zero-order chi connectivity index (χ0) is 17.6. The van der Waals surface area contributed by atoms with Crippen molar-refractivity contribution in [3.63, 3.8) is 0 Å². The van der Waals surface area contributed by atoms with E-state index >= 15 is 0 Å². The highest BCUT2D eigenvalue weighted by Crippen LogP contribution is 2.31. The molecule has 1 aromatic heterocycles. The van der Waals surface area contributed by atoms with Crippen LogP contribution in [-0.4, -0.2) is 15.9 Å². The summed E-state index contributed by atoms with van der Waals surface area (Å²) in [6.07, 6.45) is 4.56. The van der Waals surface area contributed by atoms with E-state index in [9.17, 15) is 0 Å². The Bertz CT molecular complexity index is 853. The summed E-state index contributed by atoms with van der Waals surface area (Å²) in [6.45, 7) is 0.632. The average Bonchev–Trinajstić information content (AvgIpc) is 2.72. The van der Waals surface area contributed by atoms with Crippen molar-refractivity contribution in [2.75, 3.05) is 5.94 Å². The average molecular weight is 362 g/mol. The number of nitrogens with zero attached hydrogens (tertiary/aromatic N) is 2. The number of ether oxygens (including phenoxy) is 1. The number of benzene rings is 2. The molecule has 26 heavy (non-hydrogen) atoms. The van der Waals surface area contributed by atoms with Gasteiger partial charge >= 0.3 is 0 Å². The van der Waals surface area contributed by atoms with Gasteiger partial charge in [0.05, 0.1) is 12.5 Å². The van der Waals surface area contributed by atoms with E-state index in [2.05, 4.69) is 24.3 Å². The molecule has 0 saturated heterocycles. The van der Waals surface area contributed by atoms with Gasteiger partial charge in [-0.05, 0) is 31.2 Å². The first kappa shape index (κ1) is 17.3. The summed E-state index contributed by atoms with van der Waals surface area (Å²) in [6, 6.07) is 20.5. The number of aromatic nitrogens is 2. The molecule has 4 rings (SSSR count). The van der Waals surface area contributed by atoms with Crippen molar-refractivity contribution < 1.29 is 4.74 Å². The predicted octanol–water partition coefficient (Wildman–Crippen LogP) is 5.29. The van der Waals surface area contributed by atoms with Crippen molar-refractivity contribution in [1.29, 1.82) is 0 Å². The predicted molar refractivity (Wildman–Crippen MR) is 106 cm³/mol. The van der Waals surface area contributed by atoms with Crippen molar-refractivity contribution in [2.45, 2.75) is 37.3 Å². The van der Waals surface area contributed by atoms with E-state index in [4.69, 9.17) is 14.7 Å². The van der Waals surface area contributed by atoms with Crippen LogP contribution >= 0.6 is 11.8 Å². The van der Waals surface area contributed by atoms with Crippen LogP contribution in [0.1, 0.15) is 29.7 Å². The summed E-state index contributed by atoms with van der Waals surface area (Å²) in [7, 11) is 0. The van der Waals surface area contributed by atoms with Crippen LogP contribution in [-0.2, 0) is 24.2 Å². The summed E-state index contributed by atoms with van der Waals surface area (Å²) in [5.41, 5.74) is 4.82. The molecule has 1 aliphatic carbocycles. The van der Waals surface area contributed by atoms with E-state index < -0.39 is 0 Å². The summed E-state index contributed by atoms with van der Waals surface area (Å²) >= 11 is 1.69. The second-order valence-electron chi connectivity index (χ2n) is 6.45. The van der Waals surface area contributed by atoms with E-state index in [1.165, 1.54) is 29.7 Å². The molecule has 2 aromatic carbocycles. The molecule has 132 valence electrons. The lowest BCUT2D eigenvalue weighted by atomic mass is 9.97. The molecule has 0 saturated carbocycles. The third kappa shape index (κ3) is 4.14. The number of fused-ring (bicyclic) bond motifs is 1. The van der Waals surface area contributed by atoms with Gasteiger partial charge < -0.3 is 4.74 Å². The van der Waals surface area contributed by atoms with Crippen molar-refractivity contribution >= 4 is 11.8 Å². The van der Waals surface area contributed by atoms with Gasteiger partial charge in [-0.2, -0.15) is 0 Å². The molecule has 3 aromatic rings. The van der Waals surface area contributed by atoms with Crippen LogP contribution < -0.4 is 0 Å². The molecule has 0 N–H and O–H groups in total. The largest absolute Gasteiger partial charge is 0.366 e. The number of hydrogen-bond acceptors (Lipinski definition) is 4. The van der Waals surface area contributed by atoms with Gasteiger partial charge in [-0.25, -0.2) is 9.97 Å². The molecule has 3 nitrogen and oxygen atoms in total. The maximum Gasteiger partial charge on any atom is 0.160 e. The fourth-order valence-electron chi connectivity index (χ4n) is 3.23. The van der Waals surface area contributed by atoms with E-state index in [1.54, 1.807) is 11.8 Å². The maximum atomic E-state index is 5.86. The molecular weight excluding hydrogens is 340 g/mol. The van der Waals surface area contributed by atoms with Crippen LogP contribution in [0.3, 0.4) is 0 Å². The molecule has 0 radical (unpaired) electrons. The molecular formula is C22H22N2OS. The Labute approximate surface area is 158 Å². The Kier molecular flexibility index (Phi) is 5.62. The first-order valence-electron chi connectivity index (χ1n) is 9.10. The molecule has 0 amide bonds. The number of hydrogen-bond donors (Lipinski definition) is 0. The Hall–Kier alpha value is -2.17. The minimum Gasteiger partial charge on any atom is -0.366 e. The van der Waals surface area contributed by atoms with Crippen LogP contribution in [0, 0.1) is 0 Å². The normalized spacial score (nSPS) is 13.4. The van der Waals surface area contributed by atoms with Crippen molar-refractivity contribution in [3.8, 4) is 11.4 Å². The molecule has 1 aliphatic rings. The third-order valence-electron chi connectivity index (χ3n) is 4.57. The van der Waals surface area contributed by atoms with E-state index in [0.717, 1.165) is 29.3 Å². The highest BCUT2D eigenvalue weighted by Gasteiger charge is 2.18. The summed E-state index contributed by atoms with van der Waals surface area (Å²) in [5.74, 6) is 1.43. The first-order chi connectivity index (χ1) is 12.9. The molecule has 0 spiro atoms. The summed E-state index contributed by atoms with van der Waals surface area (Å²) in [5, 5.41) is 1.08. The molecule has 0 fully saturated rings. The van der Waals surface area contributed by atoms with Gasteiger partial charge in [0.15, 0.2) is 5.82 Å². The number of rotatable bonds is 6. The fourth-order valence-corrected chi connectivity index (χ4v) is 4.05. The second-order valence-corrected chi connectivity index (χ2v) is 7.36.